The van der Waals surface area contributed by atoms with Gasteiger partial charge in [0.25, 0.3) is 11.8 Å². The van der Waals surface area contributed by atoms with Crippen LogP contribution in [0.5, 0.6) is 5.75 Å². The first-order valence-electron chi connectivity index (χ1n) is 13.0. The summed E-state index contributed by atoms with van der Waals surface area (Å²) >= 11 is 0. The molecule has 0 saturated carbocycles. The first kappa shape index (κ1) is 27.5. The van der Waals surface area contributed by atoms with Crippen molar-refractivity contribution in [1.82, 2.24) is 25.2 Å². The maximum Gasteiger partial charge on any atom is 0.322 e. The molecule has 2 aliphatic rings. The van der Waals surface area contributed by atoms with Gasteiger partial charge in [-0.25, -0.2) is 17.5 Å². The molecule has 2 fully saturated rings. The van der Waals surface area contributed by atoms with E-state index in [9.17, 15) is 22.8 Å². The SMILES string of the molecule is Cc1cc(COc2ccc(C(=O)NC(C3CCN(S(C)(=O)=O)CC3)C3NC(=O)NC3=O)cc2)c2ccccc2n1. The van der Waals surface area contributed by atoms with E-state index in [2.05, 4.69) is 20.9 Å². The zero-order valence-corrected chi connectivity index (χ0v) is 23.0. The fourth-order valence-electron chi connectivity index (χ4n) is 5.34. The maximum atomic E-state index is 13.2. The van der Waals surface area contributed by atoms with Crippen LogP contribution in [0.4, 0.5) is 4.79 Å². The lowest BCUT2D eigenvalue weighted by molar-refractivity contribution is -0.121. The highest BCUT2D eigenvalue weighted by molar-refractivity contribution is 7.88. The van der Waals surface area contributed by atoms with E-state index in [4.69, 9.17) is 4.74 Å². The van der Waals surface area contributed by atoms with Crippen LogP contribution in [0.25, 0.3) is 10.9 Å². The van der Waals surface area contributed by atoms with Gasteiger partial charge in [0.15, 0.2) is 0 Å². The number of hydrogen-bond acceptors (Lipinski definition) is 7. The highest BCUT2D eigenvalue weighted by atomic mass is 32.2. The van der Waals surface area contributed by atoms with Crippen molar-refractivity contribution < 1.29 is 27.5 Å². The van der Waals surface area contributed by atoms with Crippen LogP contribution in [-0.2, 0) is 21.4 Å². The number of aryl methyl sites for hydroxylation is 1. The molecule has 2 aromatic carbocycles. The predicted octanol–water partition coefficient (Wildman–Crippen LogP) is 2.10. The number of para-hydroxylation sites is 1. The summed E-state index contributed by atoms with van der Waals surface area (Å²) in [6.45, 7) is 2.82. The zero-order valence-electron chi connectivity index (χ0n) is 22.2. The van der Waals surface area contributed by atoms with Gasteiger partial charge in [-0.05, 0) is 62.1 Å². The Labute approximate surface area is 232 Å². The molecule has 5 rings (SSSR count). The monoisotopic (exact) mass is 565 g/mol. The average molecular weight is 566 g/mol. The molecule has 1 aromatic heterocycles. The number of carbonyl (C=O) groups excluding carboxylic acids is 3. The largest absolute Gasteiger partial charge is 0.489 e. The number of carbonyl (C=O) groups is 3. The number of urea groups is 1. The van der Waals surface area contributed by atoms with Crippen LogP contribution in [0, 0.1) is 12.8 Å². The molecule has 0 radical (unpaired) electrons. The summed E-state index contributed by atoms with van der Waals surface area (Å²) in [5.41, 5.74) is 3.16. The summed E-state index contributed by atoms with van der Waals surface area (Å²) in [5.74, 6) is -0.560. The highest BCUT2D eigenvalue weighted by Crippen LogP contribution is 2.26. The van der Waals surface area contributed by atoms with Gasteiger partial charge in [0, 0.05) is 35.3 Å². The summed E-state index contributed by atoms with van der Waals surface area (Å²) in [4.78, 5) is 42.1. The number of benzene rings is 2. The van der Waals surface area contributed by atoms with Gasteiger partial charge >= 0.3 is 6.03 Å². The van der Waals surface area contributed by atoms with Gasteiger partial charge in [-0.2, -0.15) is 0 Å². The van der Waals surface area contributed by atoms with E-state index in [0.29, 0.717) is 30.8 Å². The topological polar surface area (TPSA) is 147 Å². The van der Waals surface area contributed by atoms with Crippen molar-refractivity contribution in [1.29, 1.82) is 0 Å². The van der Waals surface area contributed by atoms with E-state index in [0.717, 1.165) is 28.4 Å². The number of aromatic nitrogens is 1. The third-order valence-corrected chi connectivity index (χ3v) is 8.68. The Kier molecular flexibility index (Phi) is 7.72. The quantitative estimate of drug-likeness (QED) is 0.355. The molecular formula is C28H31N5O6S. The third kappa shape index (κ3) is 6.07. The lowest BCUT2D eigenvalue weighted by Gasteiger charge is -2.36. The summed E-state index contributed by atoms with van der Waals surface area (Å²) in [7, 11) is -3.34. The summed E-state index contributed by atoms with van der Waals surface area (Å²) in [6.07, 6.45) is 2.03. The highest BCUT2D eigenvalue weighted by Gasteiger charge is 2.42. The second kappa shape index (κ2) is 11.2. The maximum absolute atomic E-state index is 13.2. The number of pyridine rings is 1. The fourth-order valence-corrected chi connectivity index (χ4v) is 6.21. The number of nitrogens with one attached hydrogen (secondary N) is 3. The van der Waals surface area contributed by atoms with Gasteiger partial charge in [0.2, 0.25) is 10.0 Å². The Morgan fingerprint density at radius 2 is 1.82 bits per heavy atom. The Morgan fingerprint density at radius 3 is 2.48 bits per heavy atom. The molecule has 2 atom stereocenters. The molecule has 0 spiro atoms. The van der Waals surface area contributed by atoms with Gasteiger partial charge < -0.3 is 15.4 Å². The predicted molar refractivity (Wildman–Crippen MR) is 148 cm³/mol. The fraction of sp³-hybridized carbons (Fsp3) is 0.357. The molecule has 3 N–H and O–H groups in total. The van der Waals surface area contributed by atoms with E-state index in [1.807, 2.05) is 37.3 Å². The number of amides is 4. The smallest absolute Gasteiger partial charge is 0.322 e. The molecule has 12 heteroatoms. The Bertz CT molecular complexity index is 1550. The van der Waals surface area contributed by atoms with Crippen molar-refractivity contribution in [3.05, 3.63) is 71.4 Å². The van der Waals surface area contributed by atoms with Crippen molar-refractivity contribution in [3.63, 3.8) is 0 Å². The molecule has 0 aliphatic carbocycles. The first-order chi connectivity index (χ1) is 19.1. The minimum Gasteiger partial charge on any atom is -0.489 e. The molecule has 210 valence electrons. The summed E-state index contributed by atoms with van der Waals surface area (Å²) < 4.78 is 31.2. The molecule has 4 amide bonds. The van der Waals surface area contributed by atoms with Gasteiger partial charge in [-0.1, -0.05) is 18.2 Å². The van der Waals surface area contributed by atoms with Crippen molar-refractivity contribution in [2.75, 3.05) is 19.3 Å². The molecule has 2 saturated heterocycles. The van der Waals surface area contributed by atoms with Gasteiger partial charge in [0.1, 0.15) is 18.4 Å². The minimum atomic E-state index is -3.34. The normalized spacial score (nSPS) is 19.2. The zero-order chi connectivity index (χ0) is 28.4. The van der Waals surface area contributed by atoms with E-state index in [1.54, 1.807) is 24.3 Å². The van der Waals surface area contributed by atoms with Crippen LogP contribution in [0.2, 0.25) is 0 Å². The van der Waals surface area contributed by atoms with E-state index >= 15 is 0 Å². The number of imide groups is 1. The molecule has 2 unspecified atom stereocenters. The summed E-state index contributed by atoms with van der Waals surface area (Å²) in [5, 5.41) is 8.74. The molecule has 3 heterocycles. The number of nitrogens with zero attached hydrogens (tertiary/aromatic N) is 2. The number of fused-ring (bicyclic) bond motifs is 1. The Balaban J connectivity index is 1.27. The van der Waals surface area contributed by atoms with E-state index in [1.165, 1.54) is 4.31 Å². The van der Waals surface area contributed by atoms with Crippen LogP contribution in [-0.4, -0.2) is 67.0 Å². The van der Waals surface area contributed by atoms with E-state index < -0.39 is 40.0 Å². The van der Waals surface area contributed by atoms with Crippen molar-refractivity contribution >= 4 is 38.8 Å². The Hall–Kier alpha value is -4.03. The number of sulfonamides is 1. The third-order valence-electron chi connectivity index (χ3n) is 7.38. The van der Waals surface area contributed by atoms with Crippen LogP contribution >= 0.6 is 0 Å². The van der Waals surface area contributed by atoms with Crippen molar-refractivity contribution in [2.24, 2.45) is 5.92 Å². The lowest BCUT2D eigenvalue weighted by atomic mass is 9.85. The number of ether oxygens (including phenoxy) is 1. The van der Waals surface area contributed by atoms with Crippen LogP contribution in [0.3, 0.4) is 0 Å². The van der Waals surface area contributed by atoms with Crippen molar-refractivity contribution in [3.8, 4) is 5.75 Å². The second-order valence-corrected chi connectivity index (χ2v) is 12.2. The second-order valence-electron chi connectivity index (χ2n) is 10.2. The minimum absolute atomic E-state index is 0.211. The molecule has 2 aliphatic heterocycles. The summed E-state index contributed by atoms with van der Waals surface area (Å²) in [6, 6.07) is 14.2. The average Bonchev–Trinajstić information content (AvgIpc) is 3.27. The molecule has 40 heavy (non-hydrogen) atoms. The van der Waals surface area contributed by atoms with Crippen LogP contribution in [0.15, 0.2) is 54.6 Å². The molecular weight excluding hydrogens is 534 g/mol. The van der Waals surface area contributed by atoms with Crippen molar-refractivity contribution in [2.45, 2.75) is 38.5 Å². The van der Waals surface area contributed by atoms with Gasteiger partial charge in [-0.15, -0.1) is 0 Å². The number of piperidine rings is 1. The molecule has 0 bridgehead atoms. The molecule has 3 aromatic rings. The lowest BCUT2D eigenvalue weighted by Crippen LogP contribution is -2.56. The first-order valence-corrected chi connectivity index (χ1v) is 14.9. The van der Waals surface area contributed by atoms with Crippen LogP contribution in [0.1, 0.15) is 34.5 Å². The van der Waals surface area contributed by atoms with Gasteiger partial charge in [0.05, 0.1) is 17.8 Å². The van der Waals surface area contributed by atoms with Gasteiger partial charge in [-0.3, -0.25) is 19.9 Å². The number of rotatable bonds is 8. The molecule has 11 nitrogen and oxygen atoms in total. The van der Waals surface area contributed by atoms with Crippen LogP contribution < -0.4 is 20.7 Å². The van der Waals surface area contributed by atoms with E-state index in [-0.39, 0.29) is 19.0 Å². The number of hydrogen-bond donors (Lipinski definition) is 3. The Morgan fingerprint density at radius 1 is 1.12 bits per heavy atom. The standard InChI is InChI=1S/C28H31N5O6S/c1-17-15-20(22-5-3-4-6-23(22)29-17)16-39-21-9-7-19(8-10-21)26(34)30-24(25-27(35)32-28(36)31-25)18-11-13-33(14-12-18)40(2,37)38/h3-10,15,18,24-25H,11-14,16H2,1-2H3,(H,30,34)(H2,31,32,35,36).